The lowest BCUT2D eigenvalue weighted by Gasteiger charge is -2.13. The van der Waals surface area contributed by atoms with Crippen molar-refractivity contribution in [3.05, 3.63) is 12.2 Å². The first kappa shape index (κ1) is 16.4. The first-order valence-corrected chi connectivity index (χ1v) is 7.31. The van der Waals surface area contributed by atoms with Gasteiger partial charge in [-0.1, -0.05) is 26.7 Å². The summed E-state index contributed by atoms with van der Waals surface area (Å²) in [6, 6.07) is 0. The fourth-order valence-electron chi connectivity index (χ4n) is 2.04. The van der Waals surface area contributed by atoms with Crippen molar-refractivity contribution in [3.8, 4) is 0 Å². The SMILES string of the molecule is CC(C)CCCCNC(=O)CCCN1C(=O)C=CC1=O. The fourth-order valence-corrected chi connectivity index (χ4v) is 2.04. The molecule has 0 aliphatic carbocycles. The van der Waals surface area contributed by atoms with E-state index in [9.17, 15) is 14.4 Å². The van der Waals surface area contributed by atoms with Gasteiger partial charge in [-0.2, -0.15) is 0 Å². The number of hydrogen-bond acceptors (Lipinski definition) is 3. The van der Waals surface area contributed by atoms with Gasteiger partial charge in [0.25, 0.3) is 11.8 Å². The Morgan fingerprint density at radius 2 is 1.80 bits per heavy atom. The lowest BCUT2D eigenvalue weighted by molar-refractivity contribution is -0.137. The van der Waals surface area contributed by atoms with Crippen molar-refractivity contribution in [2.45, 2.75) is 46.0 Å². The van der Waals surface area contributed by atoms with Gasteiger partial charge in [-0.05, 0) is 18.8 Å². The van der Waals surface area contributed by atoms with Gasteiger partial charge in [-0.15, -0.1) is 0 Å². The first-order chi connectivity index (χ1) is 9.50. The third kappa shape index (κ3) is 5.99. The van der Waals surface area contributed by atoms with E-state index in [4.69, 9.17) is 0 Å². The van der Waals surface area contributed by atoms with Crippen LogP contribution in [-0.4, -0.2) is 35.7 Å². The molecular weight excluding hydrogens is 256 g/mol. The zero-order chi connectivity index (χ0) is 15.0. The van der Waals surface area contributed by atoms with Gasteiger partial charge in [-0.3, -0.25) is 19.3 Å². The minimum atomic E-state index is -0.288. The van der Waals surface area contributed by atoms with Crippen molar-refractivity contribution in [1.29, 1.82) is 0 Å². The van der Waals surface area contributed by atoms with Crippen LogP contribution in [-0.2, 0) is 14.4 Å². The smallest absolute Gasteiger partial charge is 0.253 e. The van der Waals surface area contributed by atoms with E-state index in [2.05, 4.69) is 19.2 Å². The number of amides is 3. The van der Waals surface area contributed by atoms with Gasteiger partial charge in [0.1, 0.15) is 0 Å². The zero-order valence-corrected chi connectivity index (χ0v) is 12.4. The van der Waals surface area contributed by atoms with E-state index in [1.54, 1.807) is 0 Å². The van der Waals surface area contributed by atoms with Crippen LogP contribution in [0.25, 0.3) is 0 Å². The number of nitrogens with zero attached hydrogens (tertiary/aromatic N) is 1. The van der Waals surface area contributed by atoms with Crippen LogP contribution >= 0.6 is 0 Å². The lowest BCUT2D eigenvalue weighted by atomic mass is 10.1. The third-order valence-electron chi connectivity index (χ3n) is 3.22. The molecule has 0 aromatic heterocycles. The van der Waals surface area contributed by atoms with Crippen molar-refractivity contribution in [2.75, 3.05) is 13.1 Å². The molecule has 1 aliphatic heterocycles. The summed E-state index contributed by atoms with van der Waals surface area (Å²) in [4.78, 5) is 35.3. The molecule has 0 atom stereocenters. The van der Waals surface area contributed by atoms with Crippen LogP contribution in [0.4, 0.5) is 0 Å². The number of carbonyl (C=O) groups is 3. The molecule has 0 saturated heterocycles. The average Bonchev–Trinajstić information content (AvgIpc) is 2.69. The molecule has 0 radical (unpaired) electrons. The molecule has 1 rings (SSSR count). The summed E-state index contributed by atoms with van der Waals surface area (Å²) in [6.45, 7) is 5.39. The number of nitrogens with one attached hydrogen (secondary N) is 1. The standard InChI is InChI=1S/C15H24N2O3/c1-12(2)6-3-4-10-16-13(18)7-5-11-17-14(19)8-9-15(17)20/h8-9,12H,3-7,10-11H2,1-2H3,(H,16,18). The number of hydrogen-bond donors (Lipinski definition) is 1. The Morgan fingerprint density at radius 3 is 2.40 bits per heavy atom. The Hall–Kier alpha value is -1.65. The minimum absolute atomic E-state index is 0.0124. The molecule has 0 aromatic carbocycles. The summed E-state index contributed by atoms with van der Waals surface area (Å²) in [5, 5.41) is 2.86. The van der Waals surface area contributed by atoms with Crippen LogP contribution in [0.3, 0.4) is 0 Å². The van der Waals surface area contributed by atoms with E-state index in [0.717, 1.165) is 17.7 Å². The molecule has 1 aliphatic rings. The lowest BCUT2D eigenvalue weighted by Crippen LogP contribution is -2.32. The summed E-state index contributed by atoms with van der Waals surface area (Å²) >= 11 is 0. The molecule has 3 amide bonds. The highest BCUT2D eigenvalue weighted by Gasteiger charge is 2.22. The normalized spacial score (nSPS) is 14.4. The molecule has 1 N–H and O–H groups in total. The van der Waals surface area contributed by atoms with Crippen molar-refractivity contribution in [1.82, 2.24) is 10.2 Å². The molecule has 0 unspecified atom stereocenters. The Bertz CT molecular complexity index is 371. The Labute approximate surface area is 120 Å². The Morgan fingerprint density at radius 1 is 1.15 bits per heavy atom. The van der Waals surface area contributed by atoms with Crippen molar-refractivity contribution in [2.24, 2.45) is 5.92 Å². The van der Waals surface area contributed by atoms with E-state index in [1.807, 2.05) is 0 Å². The van der Waals surface area contributed by atoms with Gasteiger partial charge in [0, 0.05) is 31.7 Å². The van der Waals surface area contributed by atoms with Gasteiger partial charge in [0.05, 0.1) is 0 Å². The van der Waals surface area contributed by atoms with E-state index in [-0.39, 0.29) is 17.7 Å². The highest BCUT2D eigenvalue weighted by Crippen LogP contribution is 2.06. The predicted octanol–water partition coefficient (Wildman–Crippen LogP) is 1.63. The molecule has 112 valence electrons. The summed E-state index contributed by atoms with van der Waals surface area (Å²) in [7, 11) is 0. The molecule has 0 aromatic rings. The molecule has 0 bridgehead atoms. The van der Waals surface area contributed by atoms with E-state index in [1.165, 1.54) is 18.6 Å². The molecule has 0 saturated carbocycles. The molecule has 1 heterocycles. The van der Waals surface area contributed by atoms with E-state index >= 15 is 0 Å². The highest BCUT2D eigenvalue weighted by molar-refractivity contribution is 6.12. The first-order valence-electron chi connectivity index (χ1n) is 7.31. The maximum atomic E-state index is 11.6. The Balaban J connectivity index is 2.03. The van der Waals surface area contributed by atoms with Gasteiger partial charge < -0.3 is 5.32 Å². The molecule has 5 nitrogen and oxygen atoms in total. The largest absolute Gasteiger partial charge is 0.356 e. The molecular formula is C15H24N2O3. The monoisotopic (exact) mass is 280 g/mol. The fraction of sp³-hybridized carbons (Fsp3) is 0.667. The van der Waals surface area contributed by atoms with Crippen molar-refractivity contribution >= 4 is 17.7 Å². The van der Waals surface area contributed by atoms with Crippen LogP contribution in [0.5, 0.6) is 0 Å². The van der Waals surface area contributed by atoms with Crippen LogP contribution in [0.2, 0.25) is 0 Å². The van der Waals surface area contributed by atoms with Crippen LogP contribution in [0, 0.1) is 5.92 Å². The minimum Gasteiger partial charge on any atom is -0.356 e. The van der Waals surface area contributed by atoms with Crippen LogP contribution in [0.15, 0.2) is 12.2 Å². The average molecular weight is 280 g/mol. The summed E-state index contributed by atoms with van der Waals surface area (Å²) in [5.41, 5.74) is 0. The van der Waals surface area contributed by atoms with E-state index < -0.39 is 0 Å². The van der Waals surface area contributed by atoms with Crippen molar-refractivity contribution < 1.29 is 14.4 Å². The van der Waals surface area contributed by atoms with Gasteiger partial charge in [0.15, 0.2) is 0 Å². The zero-order valence-electron chi connectivity index (χ0n) is 12.4. The maximum Gasteiger partial charge on any atom is 0.253 e. The second kappa shape index (κ2) is 8.51. The third-order valence-corrected chi connectivity index (χ3v) is 3.22. The highest BCUT2D eigenvalue weighted by atomic mass is 16.2. The summed E-state index contributed by atoms with van der Waals surface area (Å²) < 4.78 is 0. The Kier molecular flexibility index (Phi) is 6.98. The topological polar surface area (TPSA) is 66.5 Å². The van der Waals surface area contributed by atoms with Crippen molar-refractivity contribution in [3.63, 3.8) is 0 Å². The second-order valence-electron chi connectivity index (χ2n) is 5.50. The molecule has 20 heavy (non-hydrogen) atoms. The second-order valence-corrected chi connectivity index (χ2v) is 5.50. The number of carbonyl (C=O) groups excluding carboxylic acids is 3. The molecule has 0 fully saturated rings. The molecule has 0 spiro atoms. The summed E-state index contributed by atoms with van der Waals surface area (Å²) in [5.74, 6) is 0.115. The van der Waals surface area contributed by atoms with Gasteiger partial charge >= 0.3 is 0 Å². The van der Waals surface area contributed by atoms with Gasteiger partial charge in [-0.25, -0.2) is 0 Å². The maximum absolute atomic E-state index is 11.6. The number of imide groups is 1. The predicted molar refractivity (Wildman–Crippen MR) is 76.8 cm³/mol. The number of rotatable bonds is 9. The van der Waals surface area contributed by atoms with Gasteiger partial charge in [0.2, 0.25) is 5.91 Å². The summed E-state index contributed by atoms with van der Waals surface area (Å²) in [6.07, 6.45) is 6.69. The van der Waals surface area contributed by atoms with Crippen LogP contribution < -0.4 is 5.32 Å². The molecule has 5 heteroatoms. The quantitative estimate of drug-likeness (QED) is 0.515. The van der Waals surface area contributed by atoms with Crippen LogP contribution in [0.1, 0.15) is 46.0 Å². The van der Waals surface area contributed by atoms with E-state index in [0.29, 0.717) is 31.8 Å². The number of unbranched alkanes of at least 4 members (excludes halogenated alkanes) is 1.